The smallest absolute Gasteiger partial charge is 0.384 e. The SMILES string of the molecule is CCOC(=O)C#Cc1cc(F)cc(OC)c1. The van der Waals surface area contributed by atoms with Gasteiger partial charge in [-0.05, 0) is 19.1 Å². The minimum atomic E-state index is -0.634. The molecular formula is C12H11FO3. The van der Waals surface area contributed by atoms with Crippen molar-refractivity contribution < 1.29 is 18.7 Å². The van der Waals surface area contributed by atoms with Gasteiger partial charge in [-0.2, -0.15) is 0 Å². The van der Waals surface area contributed by atoms with Crippen LogP contribution in [0.15, 0.2) is 18.2 Å². The second-order valence-corrected chi connectivity index (χ2v) is 2.85. The lowest BCUT2D eigenvalue weighted by atomic mass is 10.2. The first-order valence-electron chi connectivity index (χ1n) is 4.69. The van der Waals surface area contributed by atoms with Gasteiger partial charge in [0, 0.05) is 17.6 Å². The van der Waals surface area contributed by atoms with Gasteiger partial charge in [0.05, 0.1) is 13.7 Å². The maximum Gasteiger partial charge on any atom is 0.384 e. The monoisotopic (exact) mass is 222 g/mol. The number of carbonyl (C=O) groups excluding carboxylic acids is 1. The highest BCUT2D eigenvalue weighted by Crippen LogP contribution is 2.14. The highest BCUT2D eigenvalue weighted by molar-refractivity contribution is 5.89. The van der Waals surface area contributed by atoms with Crippen molar-refractivity contribution in [3.05, 3.63) is 29.6 Å². The van der Waals surface area contributed by atoms with E-state index in [-0.39, 0.29) is 6.61 Å². The summed E-state index contributed by atoms with van der Waals surface area (Å²) in [5.74, 6) is 4.00. The van der Waals surface area contributed by atoms with Gasteiger partial charge in [0.25, 0.3) is 0 Å². The molecule has 0 spiro atoms. The molecule has 0 bridgehead atoms. The van der Waals surface area contributed by atoms with Crippen molar-refractivity contribution in [2.75, 3.05) is 13.7 Å². The first-order chi connectivity index (χ1) is 7.65. The summed E-state index contributed by atoms with van der Waals surface area (Å²) >= 11 is 0. The number of hydrogen-bond acceptors (Lipinski definition) is 3. The lowest BCUT2D eigenvalue weighted by Crippen LogP contribution is -1.99. The Morgan fingerprint density at radius 2 is 2.19 bits per heavy atom. The van der Waals surface area contributed by atoms with Crippen LogP contribution in [0, 0.1) is 17.7 Å². The molecule has 3 nitrogen and oxygen atoms in total. The molecule has 0 radical (unpaired) electrons. The Morgan fingerprint density at radius 3 is 2.81 bits per heavy atom. The van der Waals surface area contributed by atoms with Crippen molar-refractivity contribution in [2.45, 2.75) is 6.92 Å². The summed E-state index contributed by atoms with van der Waals surface area (Å²) in [6.45, 7) is 1.95. The number of rotatable bonds is 2. The fourth-order valence-electron chi connectivity index (χ4n) is 1.04. The predicted molar refractivity (Wildman–Crippen MR) is 56.5 cm³/mol. The van der Waals surface area contributed by atoms with Crippen molar-refractivity contribution in [1.29, 1.82) is 0 Å². The molecule has 0 aliphatic carbocycles. The second-order valence-electron chi connectivity index (χ2n) is 2.85. The molecule has 0 aromatic heterocycles. The minimum Gasteiger partial charge on any atom is -0.497 e. The molecule has 0 amide bonds. The number of carbonyl (C=O) groups is 1. The van der Waals surface area contributed by atoms with Crippen molar-refractivity contribution in [3.63, 3.8) is 0 Å². The zero-order valence-corrected chi connectivity index (χ0v) is 9.04. The van der Waals surface area contributed by atoms with Crippen molar-refractivity contribution in [1.82, 2.24) is 0 Å². The lowest BCUT2D eigenvalue weighted by molar-refractivity contribution is -0.136. The van der Waals surface area contributed by atoms with Crippen LogP contribution in [0.1, 0.15) is 12.5 Å². The third kappa shape index (κ3) is 3.62. The van der Waals surface area contributed by atoms with Gasteiger partial charge in [-0.25, -0.2) is 9.18 Å². The summed E-state index contributed by atoms with van der Waals surface area (Å²) in [5.41, 5.74) is 0.366. The Morgan fingerprint density at radius 1 is 1.44 bits per heavy atom. The Bertz CT molecular complexity index is 443. The third-order valence-corrected chi connectivity index (χ3v) is 1.69. The molecule has 0 unspecified atom stereocenters. The summed E-state index contributed by atoms with van der Waals surface area (Å²) in [6.07, 6.45) is 0. The predicted octanol–water partition coefficient (Wildman–Crippen LogP) is 1.75. The zero-order chi connectivity index (χ0) is 12.0. The fraction of sp³-hybridized carbons (Fsp3) is 0.250. The van der Waals surface area contributed by atoms with Crippen molar-refractivity contribution in [2.24, 2.45) is 0 Å². The molecule has 0 N–H and O–H groups in total. The molecule has 16 heavy (non-hydrogen) atoms. The zero-order valence-electron chi connectivity index (χ0n) is 9.04. The topological polar surface area (TPSA) is 35.5 Å². The van der Waals surface area contributed by atoms with E-state index < -0.39 is 11.8 Å². The number of hydrogen-bond donors (Lipinski definition) is 0. The van der Waals surface area contributed by atoms with Gasteiger partial charge in [-0.1, -0.05) is 5.92 Å². The number of halogens is 1. The molecule has 0 fully saturated rings. The summed E-state index contributed by atoms with van der Waals surface area (Å²) < 4.78 is 22.5. The van der Waals surface area contributed by atoms with Gasteiger partial charge < -0.3 is 9.47 Å². The Kier molecular flexibility index (Phi) is 4.34. The van der Waals surface area contributed by atoms with Crippen LogP contribution in [-0.2, 0) is 9.53 Å². The highest BCUT2D eigenvalue weighted by Gasteiger charge is 1.99. The molecule has 0 atom stereocenters. The molecule has 0 saturated heterocycles. The first kappa shape index (κ1) is 12.1. The van der Waals surface area contributed by atoms with Crippen LogP contribution in [0.4, 0.5) is 4.39 Å². The van der Waals surface area contributed by atoms with Crippen LogP contribution in [0.25, 0.3) is 0 Å². The van der Waals surface area contributed by atoms with Crippen LogP contribution in [-0.4, -0.2) is 19.7 Å². The molecule has 0 heterocycles. The summed E-state index contributed by atoms with van der Waals surface area (Å²) in [6, 6.07) is 3.99. The van der Waals surface area contributed by atoms with E-state index in [4.69, 9.17) is 4.74 Å². The van der Waals surface area contributed by atoms with E-state index in [1.54, 1.807) is 6.92 Å². The van der Waals surface area contributed by atoms with Gasteiger partial charge in [-0.15, -0.1) is 0 Å². The van der Waals surface area contributed by atoms with Crippen molar-refractivity contribution >= 4 is 5.97 Å². The average molecular weight is 222 g/mol. The van der Waals surface area contributed by atoms with Crippen LogP contribution in [0.3, 0.4) is 0 Å². The molecule has 0 aliphatic heterocycles. The fourth-order valence-corrected chi connectivity index (χ4v) is 1.04. The van der Waals surface area contributed by atoms with E-state index in [2.05, 4.69) is 16.6 Å². The van der Waals surface area contributed by atoms with Gasteiger partial charge in [0.2, 0.25) is 0 Å². The van der Waals surface area contributed by atoms with Crippen molar-refractivity contribution in [3.8, 4) is 17.6 Å². The van der Waals surface area contributed by atoms with Crippen LogP contribution >= 0.6 is 0 Å². The molecule has 1 aromatic rings. The maximum atomic E-state index is 13.0. The summed E-state index contributed by atoms with van der Waals surface area (Å²) in [5, 5.41) is 0. The molecule has 0 aliphatic rings. The number of ether oxygens (including phenoxy) is 2. The van der Waals surface area contributed by atoms with E-state index in [1.807, 2.05) is 0 Å². The van der Waals surface area contributed by atoms with Gasteiger partial charge in [0.1, 0.15) is 11.6 Å². The first-order valence-corrected chi connectivity index (χ1v) is 4.69. The molecular weight excluding hydrogens is 211 g/mol. The van der Waals surface area contributed by atoms with Crippen LogP contribution in [0.2, 0.25) is 0 Å². The summed E-state index contributed by atoms with van der Waals surface area (Å²) in [4.78, 5) is 10.9. The molecule has 1 rings (SSSR count). The number of benzene rings is 1. The van der Waals surface area contributed by atoms with Gasteiger partial charge >= 0.3 is 5.97 Å². The Labute approximate surface area is 93.2 Å². The minimum absolute atomic E-state index is 0.264. The quantitative estimate of drug-likeness (QED) is 0.565. The highest BCUT2D eigenvalue weighted by atomic mass is 19.1. The van der Waals surface area contributed by atoms with E-state index >= 15 is 0 Å². The molecule has 0 saturated carbocycles. The summed E-state index contributed by atoms with van der Waals surface area (Å²) in [7, 11) is 1.43. The van der Waals surface area contributed by atoms with E-state index in [0.717, 1.165) is 0 Å². The Balaban J connectivity index is 2.88. The normalized spacial score (nSPS) is 8.94. The van der Waals surface area contributed by atoms with Crippen LogP contribution in [0.5, 0.6) is 5.75 Å². The van der Waals surface area contributed by atoms with E-state index in [1.165, 1.54) is 25.3 Å². The number of esters is 1. The third-order valence-electron chi connectivity index (χ3n) is 1.69. The average Bonchev–Trinajstić information content (AvgIpc) is 2.26. The molecule has 84 valence electrons. The second kappa shape index (κ2) is 5.76. The molecule has 1 aromatic carbocycles. The largest absolute Gasteiger partial charge is 0.497 e. The lowest BCUT2D eigenvalue weighted by Gasteiger charge is -1.99. The standard InChI is InChI=1S/C12H11FO3/c1-3-16-12(14)5-4-9-6-10(13)8-11(7-9)15-2/h6-8H,3H2,1-2H3. The van der Waals surface area contributed by atoms with Gasteiger partial charge in [-0.3, -0.25) is 0 Å². The van der Waals surface area contributed by atoms with Gasteiger partial charge in [0.15, 0.2) is 0 Å². The van der Waals surface area contributed by atoms with E-state index in [9.17, 15) is 9.18 Å². The van der Waals surface area contributed by atoms with Crippen LogP contribution < -0.4 is 4.74 Å². The maximum absolute atomic E-state index is 13.0. The molecule has 4 heteroatoms. The Hall–Kier alpha value is -2.02. The van der Waals surface area contributed by atoms with E-state index in [0.29, 0.717) is 11.3 Å². The number of methoxy groups -OCH3 is 1.